The summed E-state index contributed by atoms with van der Waals surface area (Å²) in [4.78, 5) is 15.6. The summed E-state index contributed by atoms with van der Waals surface area (Å²) in [6.45, 7) is 0.146. The highest BCUT2D eigenvalue weighted by Gasteiger charge is 2.11. The molecular weight excluding hydrogens is 206 g/mol. The number of anilines is 1. The Morgan fingerprint density at radius 2 is 2.25 bits per heavy atom. The molecule has 6 heteroatoms. The van der Waals surface area contributed by atoms with E-state index in [2.05, 4.69) is 15.7 Å². The van der Waals surface area contributed by atoms with Gasteiger partial charge in [-0.15, -0.1) is 0 Å². The van der Waals surface area contributed by atoms with E-state index in [0.717, 1.165) is 11.0 Å². The van der Waals surface area contributed by atoms with E-state index in [9.17, 15) is 4.79 Å². The molecule has 0 saturated carbocycles. The summed E-state index contributed by atoms with van der Waals surface area (Å²) < 4.78 is 1.78. The van der Waals surface area contributed by atoms with Gasteiger partial charge in [0.05, 0.1) is 11.0 Å². The number of benzene rings is 1. The fourth-order valence-electron chi connectivity index (χ4n) is 1.62. The van der Waals surface area contributed by atoms with Crippen LogP contribution >= 0.6 is 0 Å². The number of aromatic nitrogens is 2. The highest BCUT2D eigenvalue weighted by molar-refractivity contribution is 5.82. The molecular formula is C10H13N5O. The predicted molar refractivity (Wildman–Crippen MR) is 61.6 cm³/mol. The maximum atomic E-state index is 11.3. The van der Waals surface area contributed by atoms with Crippen molar-refractivity contribution in [3.63, 3.8) is 0 Å². The van der Waals surface area contributed by atoms with Gasteiger partial charge in [-0.25, -0.2) is 10.8 Å². The molecule has 0 aliphatic rings. The van der Waals surface area contributed by atoms with Crippen molar-refractivity contribution < 1.29 is 4.79 Å². The lowest BCUT2D eigenvalue weighted by Gasteiger charge is -2.06. The van der Waals surface area contributed by atoms with E-state index in [4.69, 9.17) is 5.84 Å². The standard InChI is InChI=1S/C10H13N5O/c1-12-10-13-7-4-2-3-5-8(7)15(10)6-9(16)14-11/h2-5H,6,11H2,1H3,(H,12,13)(H,14,16). The summed E-state index contributed by atoms with van der Waals surface area (Å²) in [7, 11) is 1.76. The van der Waals surface area contributed by atoms with Crippen molar-refractivity contribution in [2.45, 2.75) is 6.54 Å². The second-order valence-corrected chi connectivity index (χ2v) is 3.33. The van der Waals surface area contributed by atoms with Crippen LogP contribution in [0, 0.1) is 0 Å². The summed E-state index contributed by atoms with van der Waals surface area (Å²) >= 11 is 0. The first-order valence-corrected chi connectivity index (χ1v) is 4.88. The quantitative estimate of drug-likeness (QED) is 0.387. The van der Waals surface area contributed by atoms with Crippen LogP contribution in [0.5, 0.6) is 0 Å². The van der Waals surface area contributed by atoms with Crippen LogP contribution < -0.4 is 16.6 Å². The van der Waals surface area contributed by atoms with Gasteiger partial charge in [0.15, 0.2) is 0 Å². The van der Waals surface area contributed by atoms with Gasteiger partial charge < -0.3 is 9.88 Å². The molecule has 16 heavy (non-hydrogen) atoms. The molecule has 6 nitrogen and oxygen atoms in total. The Morgan fingerprint density at radius 1 is 1.50 bits per heavy atom. The maximum Gasteiger partial charge on any atom is 0.253 e. The topological polar surface area (TPSA) is 85.0 Å². The van der Waals surface area contributed by atoms with Crippen LogP contribution in [0.1, 0.15) is 0 Å². The molecule has 0 unspecified atom stereocenters. The van der Waals surface area contributed by atoms with E-state index in [0.29, 0.717) is 5.95 Å². The average molecular weight is 219 g/mol. The third-order valence-corrected chi connectivity index (χ3v) is 2.34. The van der Waals surface area contributed by atoms with Crippen LogP contribution in [0.4, 0.5) is 5.95 Å². The van der Waals surface area contributed by atoms with Crippen molar-refractivity contribution in [1.29, 1.82) is 0 Å². The van der Waals surface area contributed by atoms with Crippen molar-refractivity contribution in [3.8, 4) is 0 Å². The Labute approximate surface area is 92.4 Å². The Kier molecular flexibility index (Phi) is 2.74. The summed E-state index contributed by atoms with van der Waals surface area (Å²) in [5, 5.41) is 2.95. The average Bonchev–Trinajstić information content (AvgIpc) is 2.67. The molecule has 0 bridgehead atoms. The minimum absolute atomic E-state index is 0.146. The highest BCUT2D eigenvalue weighted by atomic mass is 16.2. The number of imidazole rings is 1. The van der Waals surface area contributed by atoms with Crippen LogP contribution in [-0.4, -0.2) is 22.5 Å². The van der Waals surface area contributed by atoms with Gasteiger partial charge in [-0.1, -0.05) is 12.1 Å². The van der Waals surface area contributed by atoms with Gasteiger partial charge in [-0.2, -0.15) is 0 Å². The number of hydrogen-bond acceptors (Lipinski definition) is 4. The van der Waals surface area contributed by atoms with Crippen LogP contribution in [-0.2, 0) is 11.3 Å². The van der Waals surface area contributed by atoms with Crippen molar-refractivity contribution >= 4 is 22.9 Å². The van der Waals surface area contributed by atoms with E-state index in [1.807, 2.05) is 24.3 Å². The second kappa shape index (κ2) is 4.19. The zero-order chi connectivity index (χ0) is 11.5. The second-order valence-electron chi connectivity index (χ2n) is 3.33. The number of amides is 1. The largest absolute Gasteiger partial charge is 0.359 e. The van der Waals surface area contributed by atoms with Gasteiger partial charge in [-0.3, -0.25) is 10.2 Å². The number of fused-ring (bicyclic) bond motifs is 1. The number of hydrogen-bond donors (Lipinski definition) is 3. The molecule has 0 saturated heterocycles. The fourth-order valence-corrected chi connectivity index (χ4v) is 1.62. The summed E-state index contributed by atoms with van der Waals surface area (Å²) in [6, 6.07) is 7.61. The molecule has 1 aromatic heterocycles. The molecule has 84 valence electrons. The van der Waals surface area contributed by atoms with Gasteiger partial charge in [0.1, 0.15) is 6.54 Å². The van der Waals surface area contributed by atoms with Crippen molar-refractivity contribution in [3.05, 3.63) is 24.3 Å². The monoisotopic (exact) mass is 219 g/mol. The predicted octanol–water partition coefficient (Wildman–Crippen LogP) is 0.0679. The minimum Gasteiger partial charge on any atom is -0.359 e. The maximum absolute atomic E-state index is 11.3. The van der Waals surface area contributed by atoms with Crippen LogP contribution in [0.2, 0.25) is 0 Å². The van der Waals surface area contributed by atoms with Crippen molar-refractivity contribution in [1.82, 2.24) is 15.0 Å². The first-order valence-electron chi connectivity index (χ1n) is 4.88. The first kappa shape index (κ1) is 10.4. The Balaban J connectivity index is 2.51. The number of nitrogens with one attached hydrogen (secondary N) is 2. The lowest BCUT2D eigenvalue weighted by Crippen LogP contribution is -2.33. The zero-order valence-electron chi connectivity index (χ0n) is 8.90. The van der Waals surface area contributed by atoms with E-state index < -0.39 is 0 Å². The molecule has 0 spiro atoms. The molecule has 1 heterocycles. The van der Waals surface area contributed by atoms with Gasteiger partial charge in [-0.05, 0) is 12.1 Å². The number of nitrogens with two attached hydrogens (primary N) is 1. The third kappa shape index (κ3) is 1.70. The highest BCUT2D eigenvalue weighted by Crippen LogP contribution is 2.18. The summed E-state index contributed by atoms with van der Waals surface area (Å²) in [6.07, 6.45) is 0. The molecule has 2 rings (SSSR count). The number of carbonyl (C=O) groups is 1. The van der Waals surface area contributed by atoms with E-state index in [1.165, 1.54) is 0 Å². The van der Waals surface area contributed by atoms with Crippen LogP contribution in [0.15, 0.2) is 24.3 Å². The molecule has 0 fully saturated rings. The minimum atomic E-state index is -0.264. The Bertz CT molecular complexity index is 519. The molecule has 0 atom stereocenters. The molecule has 1 aromatic carbocycles. The van der Waals surface area contributed by atoms with Gasteiger partial charge in [0.25, 0.3) is 5.91 Å². The summed E-state index contributed by atoms with van der Waals surface area (Å²) in [5.41, 5.74) is 3.85. The molecule has 2 aromatic rings. The van der Waals surface area contributed by atoms with Crippen LogP contribution in [0.3, 0.4) is 0 Å². The SMILES string of the molecule is CNc1nc2ccccc2n1CC(=O)NN. The van der Waals surface area contributed by atoms with Gasteiger partial charge in [0.2, 0.25) is 5.95 Å². The fraction of sp³-hybridized carbons (Fsp3) is 0.200. The molecule has 0 radical (unpaired) electrons. The molecule has 4 N–H and O–H groups in total. The van der Waals surface area contributed by atoms with E-state index >= 15 is 0 Å². The number of nitrogens with zero attached hydrogens (tertiary/aromatic N) is 2. The number of carbonyl (C=O) groups excluding carboxylic acids is 1. The number of rotatable bonds is 3. The zero-order valence-corrected chi connectivity index (χ0v) is 8.90. The van der Waals surface area contributed by atoms with Crippen molar-refractivity contribution in [2.24, 2.45) is 5.84 Å². The lowest BCUT2D eigenvalue weighted by atomic mass is 10.3. The van der Waals surface area contributed by atoms with Gasteiger partial charge in [0, 0.05) is 7.05 Å². The van der Waals surface area contributed by atoms with Gasteiger partial charge >= 0.3 is 0 Å². The molecule has 0 aliphatic heterocycles. The summed E-state index contributed by atoms with van der Waals surface area (Å²) in [5.74, 6) is 5.45. The van der Waals surface area contributed by atoms with E-state index in [-0.39, 0.29) is 12.5 Å². The first-order chi connectivity index (χ1) is 7.76. The van der Waals surface area contributed by atoms with E-state index in [1.54, 1.807) is 11.6 Å². The molecule has 1 amide bonds. The Hall–Kier alpha value is -2.08. The number of para-hydroxylation sites is 2. The third-order valence-electron chi connectivity index (χ3n) is 2.34. The smallest absolute Gasteiger partial charge is 0.253 e. The Morgan fingerprint density at radius 3 is 2.94 bits per heavy atom. The lowest BCUT2D eigenvalue weighted by molar-refractivity contribution is -0.121. The molecule has 0 aliphatic carbocycles. The number of hydrazine groups is 1. The van der Waals surface area contributed by atoms with Crippen molar-refractivity contribution in [2.75, 3.05) is 12.4 Å². The normalized spacial score (nSPS) is 10.4. The van der Waals surface area contributed by atoms with Crippen LogP contribution in [0.25, 0.3) is 11.0 Å².